The smallest absolute Gasteiger partial charge is 0.0847 e. The molecule has 0 amide bonds. The zero-order chi connectivity index (χ0) is 6.69. The van der Waals surface area contributed by atoms with E-state index in [0.717, 1.165) is 19.7 Å². The summed E-state index contributed by atoms with van der Waals surface area (Å²) < 4.78 is 5.35. The lowest BCUT2D eigenvalue weighted by Crippen LogP contribution is -2.47. The first-order chi connectivity index (χ1) is 4.30. The summed E-state index contributed by atoms with van der Waals surface area (Å²) in [5.41, 5.74) is 5.60. The Morgan fingerprint density at radius 2 is 2.56 bits per heavy atom. The van der Waals surface area contributed by atoms with Crippen molar-refractivity contribution < 1.29 is 4.74 Å². The number of hydrogen-bond acceptors (Lipinski definition) is 3. The maximum atomic E-state index is 5.60. The van der Waals surface area contributed by atoms with Gasteiger partial charge < -0.3 is 15.8 Å². The third-order valence-electron chi connectivity index (χ3n) is 1.54. The Bertz CT molecular complexity index is 79.1. The average molecular weight is 130 g/mol. The molecule has 0 radical (unpaired) electrons. The molecule has 0 aromatic heterocycles. The van der Waals surface area contributed by atoms with Gasteiger partial charge in [-0.1, -0.05) is 0 Å². The number of nitrogens with two attached hydrogens (primary N) is 1. The van der Waals surface area contributed by atoms with E-state index in [0.29, 0.717) is 0 Å². The van der Waals surface area contributed by atoms with Crippen molar-refractivity contribution >= 4 is 0 Å². The van der Waals surface area contributed by atoms with Gasteiger partial charge in [0.25, 0.3) is 0 Å². The van der Waals surface area contributed by atoms with Crippen LogP contribution in [0.5, 0.6) is 0 Å². The van der Waals surface area contributed by atoms with Gasteiger partial charge in [0, 0.05) is 19.1 Å². The molecule has 0 aliphatic carbocycles. The predicted octanol–water partition coefficient (Wildman–Crippen LogP) is -0.678. The van der Waals surface area contributed by atoms with Crippen molar-refractivity contribution in [3.05, 3.63) is 0 Å². The molecule has 2 unspecified atom stereocenters. The highest BCUT2D eigenvalue weighted by atomic mass is 16.5. The van der Waals surface area contributed by atoms with Gasteiger partial charge in [0.15, 0.2) is 0 Å². The van der Waals surface area contributed by atoms with Gasteiger partial charge in [-0.3, -0.25) is 0 Å². The molecule has 9 heavy (non-hydrogen) atoms. The van der Waals surface area contributed by atoms with Crippen LogP contribution in [0.3, 0.4) is 0 Å². The van der Waals surface area contributed by atoms with Crippen molar-refractivity contribution in [3.8, 4) is 0 Å². The fourth-order valence-electron chi connectivity index (χ4n) is 0.923. The zero-order valence-corrected chi connectivity index (χ0v) is 5.76. The molecule has 0 saturated carbocycles. The van der Waals surface area contributed by atoms with E-state index >= 15 is 0 Å². The van der Waals surface area contributed by atoms with Crippen molar-refractivity contribution in [2.45, 2.75) is 19.1 Å². The summed E-state index contributed by atoms with van der Waals surface area (Å²) in [7, 11) is 0. The lowest BCUT2D eigenvalue weighted by molar-refractivity contribution is 0.0162. The van der Waals surface area contributed by atoms with E-state index in [1.807, 2.05) is 6.92 Å². The van der Waals surface area contributed by atoms with Crippen molar-refractivity contribution in [2.24, 2.45) is 5.73 Å². The van der Waals surface area contributed by atoms with Gasteiger partial charge in [0.05, 0.1) is 12.7 Å². The second kappa shape index (κ2) is 3.15. The topological polar surface area (TPSA) is 47.3 Å². The van der Waals surface area contributed by atoms with Gasteiger partial charge in [-0.25, -0.2) is 0 Å². The molecule has 3 N–H and O–H groups in total. The minimum Gasteiger partial charge on any atom is -0.374 e. The second-order valence-corrected chi connectivity index (χ2v) is 2.47. The third kappa shape index (κ3) is 1.93. The van der Waals surface area contributed by atoms with E-state index in [1.165, 1.54) is 0 Å². The molecule has 0 aromatic rings. The minimum absolute atomic E-state index is 0.151. The Morgan fingerprint density at radius 3 is 2.89 bits per heavy atom. The van der Waals surface area contributed by atoms with Gasteiger partial charge in [-0.15, -0.1) is 0 Å². The summed E-state index contributed by atoms with van der Waals surface area (Å²) in [6.07, 6.45) is 0.221. The summed E-state index contributed by atoms with van der Waals surface area (Å²) in [5, 5.41) is 3.21. The largest absolute Gasteiger partial charge is 0.374 e. The van der Waals surface area contributed by atoms with E-state index in [-0.39, 0.29) is 12.1 Å². The van der Waals surface area contributed by atoms with Crippen molar-refractivity contribution in [1.82, 2.24) is 5.32 Å². The van der Waals surface area contributed by atoms with Gasteiger partial charge in [0.2, 0.25) is 0 Å². The molecule has 3 nitrogen and oxygen atoms in total. The van der Waals surface area contributed by atoms with Crippen LogP contribution in [-0.2, 0) is 4.74 Å². The molecule has 0 bridgehead atoms. The maximum absolute atomic E-state index is 5.60. The maximum Gasteiger partial charge on any atom is 0.0847 e. The number of ether oxygens (including phenoxy) is 1. The lowest BCUT2D eigenvalue weighted by Gasteiger charge is -2.26. The standard InChI is InChI=1S/C6H14N2O/c1-5(7)6-4-8-2-3-9-6/h5-6,8H,2-4,7H2,1H3. The highest BCUT2D eigenvalue weighted by molar-refractivity contribution is 4.74. The molecule has 0 spiro atoms. The van der Waals surface area contributed by atoms with Crippen LogP contribution < -0.4 is 11.1 Å². The first-order valence-electron chi connectivity index (χ1n) is 3.38. The molecule has 54 valence electrons. The molecule has 2 atom stereocenters. The molecular weight excluding hydrogens is 116 g/mol. The van der Waals surface area contributed by atoms with Gasteiger partial charge in [-0.2, -0.15) is 0 Å². The summed E-state index contributed by atoms with van der Waals surface area (Å²) in [6.45, 7) is 4.63. The Balaban J connectivity index is 2.23. The summed E-state index contributed by atoms with van der Waals surface area (Å²) >= 11 is 0. The van der Waals surface area contributed by atoms with Crippen LogP contribution in [0.4, 0.5) is 0 Å². The predicted molar refractivity (Wildman–Crippen MR) is 36.3 cm³/mol. The first kappa shape index (κ1) is 6.99. The number of rotatable bonds is 1. The van der Waals surface area contributed by atoms with E-state index in [9.17, 15) is 0 Å². The Hall–Kier alpha value is -0.120. The van der Waals surface area contributed by atoms with E-state index in [4.69, 9.17) is 10.5 Å². The molecule has 1 aliphatic rings. The highest BCUT2D eigenvalue weighted by Crippen LogP contribution is 1.98. The van der Waals surface area contributed by atoms with Gasteiger partial charge >= 0.3 is 0 Å². The number of morpholine rings is 1. The van der Waals surface area contributed by atoms with Crippen molar-refractivity contribution in [1.29, 1.82) is 0 Å². The van der Waals surface area contributed by atoms with Crippen molar-refractivity contribution in [2.75, 3.05) is 19.7 Å². The molecule has 1 heterocycles. The molecule has 1 rings (SSSR count). The number of hydrogen-bond donors (Lipinski definition) is 2. The first-order valence-corrected chi connectivity index (χ1v) is 3.38. The van der Waals surface area contributed by atoms with Crippen LogP contribution >= 0.6 is 0 Å². The normalized spacial score (nSPS) is 32.0. The summed E-state index contributed by atoms with van der Waals surface area (Å²) in [4.78, 5) is 0. The lowest BCUT2D eigenvalue weighted by atomic mass is 10.2. The average Bonchev–Trinajstić information content (AvgIpc) is 1.90. The fraction of sp³-hybridized carbons (Fsp3) is 1.00. The van der Waals surface area contributed by atoms with Gasteiger partial charge in [0.1, 0.15) is 0 Å². The fourth-order valence-corrected chi connectivity index (χ4v) is 0.923. The summed E-state index contributed by atoms with van der Waals surface area (Å²) in [5.74, 6) is 0. The second-order valence-electron chi connectivity index (χ2n) is 2.47. The van der Waals surface area contributed by atoms with E-state index in [2.05, 4.69) is 5.32 Å². The van der Waals surface area contributed by atoms with Gasteiger partial charge in [-0.05, 0) is 6.92 Å². The highest BCUT2D eigenvalue weighted by Gasteiger charge is 2.16. The van der Waals surface area contributed by atoms with Crippen LogP contribution in [0.2, 0.25) is 0 Å². The molecule has 0 aromatic carbocycles. The summed E-state index contributed by atoms with van der Waals surface area (Å²) in [6, 6.07) is 0.151. The minimum atomic E-state index is 0.151. The monoisotopic (exact) mass is 130 g/mol. The van der Waals surface area contributed by atoms with E-state index in [1.54, 1.807) is 0 Å². The van der Waals surface area contributed by atoms with Crippen molar-refractivity contribution in [3.63, 3.8) is 0 Å². The van der Waals surface area contributed by atoms with Crippen LogP contribution in [0, 0.1) is 0 Å². The molecule has 3 heteroatoms. The molecule has 1 saturated heterocycles. The van der Waals surface area contributed by atoms with Crippen LogP contribution in [-0.4, -0.2) is 31.8 Å². The SMILES string of the molecule is CC(N)C1CNCCO1. The molecule has 1 aliphatic heterocycles. The Morgan fingerprint density at radius 1 is 1.78 bits per heavy atom. The number of nitrogens with one attached hydrogen (secondary N) is 1. The Kier molecular flexibility index (Phi) is 2.45. The van der Waals surface area contributed by atoms with Crippen LogP contribution in [0.1, 0.15) is 6.92 Å². The molecule has 1 fully saturated rings. The van der Waals surface area contributed by atoms with E-state index < -0.39 is 0 Å². The third-order valence-corrected chi connectivity index (χ3v) is 1.54. The Labute approximate surface area is 55.6 Å². The van der Waals surface area contributed by atoms with Crippen LogP contribution in [0.15, 0.2) is 0 Å². The molecular formula is C6H14N2O. The van der Waals surface area contributed by atoms with Crippen LogP contribution in [0.25, 0.3) is 0 Å². The zero-order valence-electron chi connectivity index (χ0n) is 5.76. The quantitative estimate of drug-likeness (QED) is 0.494.